The molecule has 2 nitrogen and oxygen atoms in total. The molecular formula is C21H25NO. The zero-order valence-electron chi connectivity index (χ0n) is 13.6. The van der Waals surface area contributed by atoms with E-state index >= 15 is 0 Å². The maximum Gasteiger partial charge on any atom is 0.127 e. The second kappa shape index (κ2) is 6.10. The topological polar surface area (TPSA) is 23.5 Å². The molecule has 0 unspecified atom stereocenters. The van der Waals surface area contributed by atoms with E-state index in [-0.39, 0.29) is 0 Å². The predicted molar refractivity (Wildman–Crippen MR) is 93.2 cm³/mol. The van der Waals surface area contributed by atoms with E-state index in [2.05, 4.69) is 29.2 Å². The van der Waals surface area contributed by atoms with Crippen LogP contribution >= 0.6 is 0 Å². The van der Waals surface area contributed by atoms with Gasteiger partial charge >= 0.3 is 0 Å². The summed E-state index contributed by atoms with van der Waals surface area (Å²) >= 11 is 0. The van der Waals surface area contributed by atoms with Crippen LogP contribution in [0.15, 0.2) is 60.7 Å². The molecule has 0 saturated carbocycles. The number of piperidine rings is 1. The van der Waals surface area contributed by atoms with Crippen molar-refractivity contribution in [2.24, 2.45) is 0 Å². The average molecular weight is 307 g/mol. The number of hydrogen-bond acceptors (Lipinski definition) is 2. The molecule has 2 atom stereocenters. The van der Waals surface area contributed by atoms with Crippen LogP contribution in [0.4, 0.5) is 0 Å². The molecule has 4 rings (SSSR count). The highest BCUT2D eigenvalue weighted by atomic mass is 16.3. The van der Waals surface area contributed by atoms with Crippen LogP contribution < -0.4 is 0 Å². The third-order valence-corrected chi connectivity index (χ3v) is 5.76. The van der Waals surface area contributed by atoms with Gasteiger partial charge in [0.05, 0.1) is 0 Å². The van der Waals surface area contributed by atoms with Gasteiger partial charge in [-0.3, -0.25) is 4.90 Å². The van der Waals surface area contributed by atoms with E-state index in [4.69, 9.17) is 0 Å². The Balaban J connectivity index is 1.71. The fourth-order valence-electron chi connectivity index (χ4n) is 4.52. The van der Waals surface area contributed by atoms with Gasteiger partial charge in [-0.2, -0.15) is 0 Å². The van der Waals surface area contributed by atoms with Gasteiger partial charge in [-0.05, 0) is 36.8 Å². The standard InChI is InChI=1S/C21H25NO/c23-21(17-8-3-1-4-9-17,18-10-5-2-6-11-18)16-22-19-12-7-13-20(22)15-14-19/h1-6,8-11,19-20,23H,7,12-16H2/t19-,20+. The number of benzene rings is 2. The number of aliphatic hydroxyl groups is 1. The summed E-state index contributed by atoms with van der Waals surface area (Å²) in [4.78, 5) is 2.59. The molecule has 120 valence electrons. The molecule has 0 amide bonds. The van der Waals surface area contributed by atoms with E-state index in [1.165, 1.54) is 32.1 Å². The average Bonchev–Trinajstić information content (AvgIpc) is 2.83. The lowest BCUT2D eigenvalue weighted by Crippen LogP contribution is -2.48. The Bertz CT molecular complexity index is 584. The van der Waals surface area contributed by atoms with Crippen LogP contribution in [0, 0.1) is 0 Å². The fraction of sp³-hybridized carbons (Fsp3) is 0.429. The largest absolute Gasteiger partial charge is 0.379 e. The maximum atomic E-state index is 11.7. The molecule has 2 heterocycles. The van der Waals surface area contributed by atoms with Crippen molar-refractivity contribution in [3.05, 3.63) is 71.8 Å². The van der Waals surface area contributed by atoms with Gasteiger partial charge in [0.25, 0.3) is 0 Å². The molecule has 0 aliphatic carbocycles. The first-order valence-electron chi connectivity index (χ1n) is 8.86. The van der Waals surface area contributed by atoms with Gasteiger partial charge in [-0.25, -0.2) is 0 Å². The van der Waals surface area contributed by atoms with Crippen molar-refractivity contribution in [1.29, 1.82) is 0 Å². The summed E-state index contributed by atoms with van der Waals surface area (Å²) in [6, 6.07) is 21.7. The zero-order valence-corrected chi connectivity index (χ0v) is 13.6. The molecule has 2 bridgehead atoms. The van der Waals surface area contributed by atoms with E-state index in [0.29, 0.717) is 18.6 Å². The molecule has 2 heteroatoms. The van der Waals surface area contributed by atoms with Gasteiger partial charge in [0.2, 0.25) is 0 Å². The SMILES string of the molecule is OC(CN1[C@@H]2CCC[C@H]1CC2)(c1ccccc1)c1ccccc1. The van der Waals surface area contributed by atoms with Crippen LogP contribution in [0.25, 0.3) is 0 Å². The quantitative estimate of drug-likeness (QED) is 0.925. The Hall–Kier alpha value is -1.64. The third kappa shape index (κ3) is 2.71. The van der Waals surface area contributed by atoms with Crippen LogP contribution in [-0.2, 0) is 5.60 Å². The number of rotatable bonds is 4. The van der Waals surface area contributed by atoms with Crippen LogP contribution in [-0.4, -0.2) is 28.6 Å². The van der Waals surface area contributed by atoms with E-state index in [0.717, 1.165) is 11.1 Å². The lowest BCUT2D eigenvalue weighted by Gasteiger charge is -2.41. The molecule has 2 aliphatic heterocycles. The molecule has 2 saturated heterocycles. The van der Waals surface area contributed by atoms with Gasteiger partial charge < -0.3 is 5.11 Å². The molecular weight excluding hydrogens is 282 g/mol. The molecule has 2 aliphatic rings. The van der Waals surface area contributed by atoms with Gasteiger partial charge in [-0.15, -0.1) is 0 Å². The lowest BCUT2D eigenvalue weighted by atomic mass is 9.84. The number of nitrogens with zero attached hydrogens (tertiary/aromatic N) is 1. The van der Waals surface area contributed by atoms with Crippen molar-refractivity contribution in [3.8, 4) is 0 Å². The van der Waals surface area contributed by atoms with Gasteiger partial charge in [0, 0.05) is 18.6 Å². The second-order valence-electron chi connectivity index (χ2n) is 7.08. The van der Waals surface area contributed by atoms with Gasteiger partial charge in [0.1, 0.15) is 5.60 Å². The van der Waals surface area contributed by atoms with Crippen LogP contribution in [0.3, 0.4) is 0 Å². The van der Waals surface area contributed by atoms with Crippen LogP contribution in [0.1, 0.15) is 43.2 Å². The minimum absolute atomic E-state index is 0.660. The number of fused-ring (bicyclic) bond motifs is 2. The van der Waals surface area contributed by atoms with Crippen molar-refractivity contribution in [2.45, 2.75) is 49.8 Å². The summed E-state index contributed by atoms with van der Waals surface area (Å²) in [7, 11) is 0. The van der Waals surface area contributed by atoms with Crippen molar-refractivity contribution in [1.82, 2.24) is 4.90 Å². The molecule has 0 aromatic heterocycles. The summed E-state index contributed by atoms with van der Waals surface area (Å²) in [6.07, 6.45) is 6.52. The Morgan fingerprint density at radius 1 is 0.783 bits per heavy atom. The highest BCUT2D eigenvalue weighted by Gasteiger charge is 2.42. The van der Waals surface area contributed by atoms with Crippen LogP contribution in [0.2, 0.25) is 0 Å². The Kier molecular flexibility index (Phi) is 3.96. The van der Waals surface area contributed by atoms with Crippen LogP contribution in [0.5, 0.6) is 0 Å². The van der Waals surface area contributed by atoms with E-state index < -0.39 is 5.60 Å². The van der Waals surface area contributed by atoms with E-state index in [9.17, 15) is 5.11 Å². The first-order valence-corrected chi connectivity index (χ1v) is 8.86. The monoisotopic (exact) mass is 307 g/mol. The third-order valence-electron chi connectivity index (χ3n) is 5.76. The minimum Gasteiger partial charge on any atom is -0.379 e. The molecule has 2 fully saturated rings. The lowest BCUT2D eigenvalue weighted by molar-refractivity contribution is 0.00524. The molecule has 0 spiro atoms. The number of hydrogen-bond donors (Lipinski definition) is 1. The molecule has 0 radical (unpaired) electrons. The molecule has 2 aromatic carbocycles. The minimum atomic E-state index is -0.930. The Morgan fingerprint density at radius 2 is 1.26 bits per heavy atom. The summed E-state index contributed by atoms with van der Waals surface area (Å²) in [5, 5.41) is 11.7. The first-order chi connectivity index (χ1) is 11.3. The second-order valence-corrected chi connectivity index (χ2v) is 7.08. The van der Waals surface area contributed by atoms with Gasteiger partial charge in [-0.1, -0.05) is 67.1 Å². The van der Waals surface area contributed by atoms with E-state index in [1.807, 2.05) is 36.4 Å². The zero-order chi connectivity index (χ0) is 15.7. The highest BCUT2D eigenvalue weighted by Crippen LogP contribution is 2.40. The normalized spacial score (nSPS) is 24.7. The van der Waals surface area contributed by atoms with Crippen molar-refractivity contribution in [3.63, 3.8) is 0 Å². The Labute approximate surface area is 138 Å². The van der Waals surface area contributed by atoms with Crippen molar-refractivity contribution >= 4 is 0 Å². The summed E-state index contributed by atoms with van der Waals surface area (Å²) in [6.45, 7) is 0.705. The fourth-order valence-corrected chi connectivity index (χ4v) is 4.52. The van der Waals surface area contributed by atoms with Gasteiger partial charge in [0.15, 0.2) is 0 Å². The van der Waals surface area contributed by atoms with Crippen molar-refractivity contribution < 1.29 is 5.11 Å². The Morgan fingerprint density at radius 3 is 1.74 bits per heavy atom. The maximum absolute atomic E-state index is 11.7. The van der Waals surface area contributed by atoms with E-state index in [1.54, 1.807) is 0 Å². The molecule has 1 N–H and O–H groups in total. The molecule has 23 heavy (non-hydrogen) atoms. The smallest absolute Gasteiger partial charge is 0.127 e. The summed E-state index contributed by atoms with van der Waals surface area (Å²) in [5.41, 5.74) is 1.06. The predicted octanol–water partition coefficient (Wildman–Crippen LogP) is 3.94. The summed E-state index contributed by atoms with van der Waals surface area (Å²) < 4.78 is 0. The first kappa shape index (κ1) is 14.9. The summed E-state index contributed by atoms with van der Waals surface area (Å²) in [5.74, 6) is 0. The van der Waals surface area contributed by atoms with Crippen molar-refractivity contribution in [2.75, 3.05) is 6.54 Å². The molecule has 2 aromatic rings. The highest BCUT2D eigenvalue weighted by molar-refractivity contribution is 5.36.